The first-order chi connectivity index (χ1) is 6.61. The predicted octanol–water partition coefficient (Wildman–Crippen LogP) is 0.418. The second-order valence-electron chi connectivity index (χ2n) is 3.15. The molecule has 0 aliphatic heterocycles. The monoisotopic (exact) mass is 201 g/mol. The van der Waals surface area contributed by atoms with Gasteiger partial charge >= 0.3 is 0 Å². The first-order valence-electron chi connectivity index (χ1n) is 4.75. The van der Waals surface area contributed by atoms with Gasteiger partial charge in [0.05, 0.1) is 12.7 Å². The zero-order chi connectivity index (χ0) is 11.0. The first-order valence-corrected chi connectivity index (χ1v) is 4.75. The van der Waals surface area contributed by atoms with Gasteiger partial charge in [-0.3, -0.25) is 4.79 Å². The van der Waals surface area contributed by atoms with Gasteiger partial charge < -0.3 is 14.7 Å². The number of amides is 1. The van der Waals surface area contributed by atoms with E-state index < -0.39 is 6.10 Å². The van der Waals surface area contributed by atoms with Crippen molar-refractivity contribution in [3.8, 4) is 0 Å². The van der Waals surface area contributed by atoms with Crippen molar-refractivity contribution in [1.82, 2.24) is 4.90 Å². The third-order valence-electron chi connectivity index (χ3n) is 1.69. The lowest BCUT2D eigenvalue weighted by atomic mass is 10.3. The fourth-order valence-corrected chi connectivity index (χ4v) is 0.978. The summed E-state index contributed by atoms with van der Waals surface area (Å²) in [6.45, 7) is 6.53. The highest BCUT2D eigenvalue weighted by atomic mass is 16.5. The Labute approximate surface area is 85.2 Å². The maximum atomic E-state index is 11.0. The van der Waals surface area contributed by atoms with Crippen molar-refractivity contribution in [3.05, 3.63) is 12.7 Å². The van der Waals surface area contributed by atoms with Crippen LogP contribution in [0.4, 0.5) is 0 Å². The summed E-state index contributed by atoms with van der Waals surface area (Å²) in [4.78, 5) is 12.4. The lowest BCUT2D eigenvalue weighted by Crippen LogP contribution is -2.35. The number of rotatable bonds is 7. The van der Waals surface area contributed by atoms with Crippen molar-refractivity contribution in [2.75, 3.05) is 26.8 Å². The van der Waals surface area contributed by atoms with Gasteiger partial charge in [0, 0.05) is 20.2 Å². The minimum absolute atomic E-state index is 0.195. The standard InChI is InChI=1S/C10H19NO3/c1-4-6-14-8-9(12)7-11(3)10(13)5-2/h5,9,12H,2,4,6-8H2,1,3H3. The van der Waals surface area contributed by atoms with Crippen LogP contribution in [0.15, 0.2) is 12.7 Å². The molecular formula is C10H19NO3. The molecule has 1 unspecified atom stereocenters. The molecular weight excluding hydrogens is 182 g/mol. The maximum Gasteiger partial charge on any atom is 0.245 e. The second kappa shape index (κ2) is 7.53. The van der Waals surface area contributed by atoms with E-state index in [0.717, 1.165) is 6.42 Å². The summed E-state index contributed by atoms with van der Waals surface area (Å²) >= 11 is 0. The van der Waals surface area contributed by atoms with Crippen molar-refractivity contribution < 1.29 is 14.6 Å². The SMILES string of the molecule is C=CC(=O)N(C)CC(O)COCCC. The molecule has 0 saturated carbocycles. The Hall–Kier alpha value is -0.870. The van der Waals surface area contributed by atoms with E-state index in [2.05, 4.69) is 6.58 Å². The van der Waals surface area contributed by atoms with Gasteiger partial charge in [-0.25, -0.2) is 0 Å². The van der Waals surface area contributed by atoms with Gasteiger partial charge in [0.2, 0.25) is 5.91 Å². The van der Waals surface area contributed by atoms with Crippen LogP contribution in [-0.2, 0) is 9.53 Å². The third-order valence-corrected chi connectivity index (χ3v) is 1.69. The fraction of sp³-hybridized carbons (Fsp3) is 0.700. The number of aliphatic hydroxyl groups excluding tert-OH is 1. The van der Waals surface area contributed by atoms with Gasteiger partial charge in [-0.2, -0.15) is 0 Å². The molecule has 0 aromatic heterocycles. The fourth-order valence-electron chi connectivity index (χ4n) is 0.978. The highest BCUT2D eigenvalue weighted by molar-refractivity contribution is 5.86. The average Bonchev–Trinajstić information content (AvgIpc) is 2.16. The summed E-state index contributed by atoms with van der Waals surface area (Å²) < 4.78 is 5.15. The second-order valence-corrected chi connectivity index (χ2v) is 3.15. The third kappa shape index (κ3) is 5.72. The molecule has 0 aliphatic carbocycles. The van der Waals surface area contributed by atoms with Crippen molar-refractivity contribution >= 4 is 5.91 Å². The molecule has 0 rings (SSSR count). The van der Waals surface area contributed by atoms with E-state index in [4.69, 9.17) is 4.74 Å². The van der Waals surface area contributed by atoms with Crippen LogP contribution >= 0.6 is 0 Å². The summed E-state index contributed by atoms with van der Waals surface area (Å²) in [6.07, 6.45) is 1.52. The average molecular weight is 201 g/mol. The van der Waals surface area contributed by atoms with Gasteiger partial charge in [-0.1, -0.05) is 13.5 Å². The molecule has 1 amide bonds. The molecule has 4 heteroatoms. The van der Waals surface area contributed by atoms with Crippen molar-refractivity contribution in [1.29, 1.82) is 0 Å². The summed E-state index contributed by atoms with van der Waals surface area (Å²) in [7, 11) is 1.62. The Bertz CT molecular complexity index is 182. The van der Waals surface area contributed by atoms with Crippen LogP contribution in [0.25, 0.3) is 0 Å². The summed E-state index contributed by atoms with van der Waals surface area (Å²) in [5.41, 5.74) is 0. The molecule has 0 spiro atoms. The normalized spacial score (nSPS) is 12.2. The molecule has 0 saturated heterocycles. The molecule has 0 bridgehead atoms. The van der Waals surface area contributed by atoms with Crippen LogP contribution in [0.3, 0.4) is 0 Å². The Kier molecular flexibility index (Phi) is 7.06. The molecule has 1 N–H and O–H groups in total. The molecule has 0 radical (unpaired) electrons. The minimum Gasteiger partial charge on any atom is -0.389 e. The van der Waals surface area contributed by atoms with Gasteiger partial charge in [0.1, 0.15) is 0 Å². The van der Waals surface area contributed by atoms with Crippen molar-refractivity contribution in [3.63, 3.8) is 0 Å². The van der Waals surface area contributed by atoms with Crippen molar-refractivity contribution in [2.45, 2.75) is 19.4 Å². The van der Waals surface area contributed by atoms with Crippen LogP contribution in [0, 0.1) is 0 Å². The number of carbonyl (C=O) groups excluding carboxylic acids is 1. The number of nitrogens with zero attached hydrogens (tertiary/aromatic N) is 1. The van der Waals surface area contributed by atoms with Gasteiger partial charge in [-0.15, -0.1) is 0 Å². The Morgan fingerprint density at radius 1 is 1.71 bits per heavy atom. The van der Waals surface area contributed by atoms with Gasteiger partial charge in [-0.05, 0) is 12.5 Å². The van der Waals surface area contributed by atoms with Crippen LogP contribution in [0.2, 0.25) is 0 Å². The minimum atomic E-state index is -0.629. The highest BCUT2D eigenvalue weighted by Crippen LogP contribution is 1.93. The Morgan fingerprint density at radius 2 is 2.36 bits per heavy atom. The van der Waals surface area contributed by atoms with Crippen LogP contribution < -0.4 is 0 Å². The predicted molar refractivity (Wildman–Crippen MR) is 55.0 cm³/mol. The summed E-state index contributed by atoms with van der Waals surface area (Å²) in [5.74, 6) is -0.195. The lowest BCUT2D eigenvalue weighted by molar-refractivity contribution is -0.126. The van der Waals surface area contributed by atoms with Crippen LogP contribution in [0.5, 0.6) is 0 Å². The first kappa shape index (κ1) is 13.1. The number of ether oxygens (including phenoxy) is 1. The zero-order valence-corrected chi connectivity index (χ0v) is 8.90. The maximum absolute atomic E-state index is 11.0. The largest absolute Gasteiger partial charge is 0.389 e. The zero-order valence-electron chi connectivity index (χ0n) is 8.90. The summed E-state index contributed by atoms with van der Waals surface area (Å²) in [6, 6.07) is 0. The number of hydrogen-bond acceptors (Lipinski definition) is 3. The van der Waals surface area contributed by atoms with E-state index in [1.807, 2.05) is 6.92 Å². The number of likely N-dealkylation sites (N-methyl/N-ethyl adjacent to an activating group) is 1. The molecule has 14 heavy (non-hydrogen) atoms. The molecule has 1 atom stereocenters. The smallest absolute Gasteiger partial charge is 0.245 e. The molecule has 82 valence electrons. The number of hydrogen-bond donors (Lipinski definition) is 1. The van der Waals surface area contributed by atoms with Crippen LogP contribution in [-0.4, -0.2) is 48.8 Å². The Morgan fingerprint density at radius 3 is 2.86 bits per heavy atom. The van der Waals surface area contributed by atoms with E-state index in [-0.39, 0.29) is 19.1 Å². The molecule has 0 aromatic carbocycles. The topological polar surface area (TPSA) is 49.8 Å². The number of aliphatic hydroxyl groups is 1. The molecule has 0 heterocycles. The molecule has 0 aliphatic rings. The number of carbonyl (C=O) groups is 1. The van der Waals surface area contributed by atoms with E-state index in [9.17, 15) is 9.90 Å². The van der Waals surface area contributed by atoms with Gasteiger partial charge in [0.15, 0.2) is 0 Å². The lowest BCUT2D eigenvalue weighted by Gasteiger charge is -2.19. The van der Waals surface area contributed by atoms with Gasteiger partial charge in [0.25, 0.3) is 0 Å². The van der Waals surface area contributed by atoms with E-state index in [0.29, 0.717) is 6.61 Å². The molecule has 0 fully saturated rings. The Balaban J connectivity index is 3.64. The van der Waals surface area contributed by atoms with E-state index in [1.54, 1.807) is 7.05 Å². The van der Waals surface area contributed by atoms with Crippen molar-refractivity contribution in [2.24, 2.45) is 0 Å². The quantitative estimate of drug-likeness (QED) is 0.479. The van der Waals surface area contributed by atoms with E-state index >= 15 is 0 Å². The van der Waals surface area contributed by atoms with Crippen LogP contribution in [0.1, 0.15) is 13.3 Å². The van der Waals surface area contributed by atoms with E-state index in [1.165, 1.54) is 11.0 Å². The highest BCUT2D eigenvalue weighted by Gasteiger charge is 2.10. The molecule has 4 nitrogen and oxygen atoms in total. The molecule has 0 aromatic rings. The summed E-state index contributed by atoms with van der Waals surface area (Å²) in [5, 5.41) is 9.44.